The molecule has 1 aromatic rings. The minimum atomic E-state index is -0.942. The first-order chi connectivity index (χ1) is 7.50. The molecule has 1 aromatic heterocycles. The highest BCUT2D eigenvalue weighted by molar-refractivity contribution is 7.12. The van der Waals surface area contributed by atoms with Crippen molar-refractivity contribution in [2.24, 2.45) is 0 Å². The molecule has 0 aliphatic carbocycles. The van der Waals surface area contributed by atoms with Gasteiger partial charge in [-0.1, -0.05) is 0 Å². The number of carbonyl (C=O) groups is 2. The molecule has 0 saturated carbocycles. The maximum absolute atomic E-state index is 11.3. The van der Waals surface area contributed by atoms with Gasteiger partial charge < -0.3 is 9.84 Å². The molecule has 0 aliphatic rings. The molecule has 0 fully saturated rings. The fourth-order valence-electron chi connectivity index (χ4n) is 1.28. The Bertz CT molecular complexity index is 381. The number of carbonyl (C=O) groups excluding carboxylic acids is 1. The van der Waals surface area contributed by atoms with Gasteiger partial charge in [-0.3, -0.25) is 4.79 Å². The van der Waals surface area contributed by atoms with Gasteiger partial charge in [0.25, 0.3) is 0 Å². The van der Waals surface area contributed by atoms with Crippen LogP contribution >= 0.6 is 11.3 Å². The van der Waals surface area contributed by atoms with E-state index >= 15 is 0 Å². The minimum Gasteiger partial charge on any atom is -0.477 e. The Morgan fingerprint density at radius 2 is 2.19 bits per heavy atom. The first-order valence-electron chi connectivity index (χ1n) is 5.00. The predicted octanol–water partition coefficient (Wildman–Crippen LogP) is 2.33. The van der Waals surface area contributed by atoms with E-state index in [-0.39, 0.29) is 18.5 Å². The normalized spacial score (nSPS) is 10.4. The summed E-state index contributed by atoms with van der Waals surface area (Å²) in [5, 5.41) is 10.6. The summed E-state index contributed by atoms with van der Waals surface area (Å²) < 4.78 is 4.97. The van der Waals surface area contributed by atoms with Gasteiger partial charge in [0.05, 0.1) is 6.10 Å². The van der Waals surface area contributed by atoms with Crippen LogP contribution in [0.2, 0.25) is 0 Å². The van der Waals surface area contributed by atoms with Crippen LogP contribution < -0.4 is 0 Å². The Kier molecular flexibility index (Phi) is 4.49. The lowest BCUT2D eigenvalue weighted by Crippen LogP contribution is -2.12. The van der Waals surface area contributed by atoms with Gasteiger partial charge in [0, 0.05) is 6.42 Å². The number of carboxylic acid groups (broad SMARTS) is 1. The van der Waals surface area contributed by atoms with E-state index in [4.69, 9.17) is 9.84 Å². The maximum Gasteiger partial charge on any atom is 0.346 e. The number of aromatic carboxylic acids is 1. The van der Waals surface area contributed by atoms with Crippen LogP contribution in [-0.2, 0) is 16.0 Å². The fourth-order valence-corrected chi connectivity index (χ4v) is 2.07. The van der Waals surface area contributed by atoms with Crippen molar-refractivity contribution in [3.8, 4) is 0 Å². The van der Waals surface area contributed by atoms with Gasteiger partial charge in [0.1, 0.15) is 4.88 Å². The second kappa shape index (κ2) is 5.65. The van der Waals surface area contributed by atoms with E-state index in [1.165, 1.54) is 11.3 Å². The lowest BCUT2D eigenvalue weighted by molar-refractivity contribution is -0.147. The van der Waals surface area contributed by atoms with Gasteiger partial charge in [0.2, 0.25) is 0 Å². The number of thiophene rings is 1. The second-order valence-corrected chi connectivity index (χ2v) is 4.53. The van der Waals surface area contributed by atoms with Crippen LogP contribution in [0.1, 0.15) is 35.5 Å². The standard InChI is InChI=1S/C11H14O4S/c1-7(2)15-9(12)4-3-8-5-6-16-10(8)11(13)14/h5-7H,3-4H2,1-2H3,(H,13,14). The molecule has 0 aliphatic heterocycles. The van der Waals surface area contributed by atoms with E-state index in [0.29, 0.717) is 16.9 Å². The van der Waals surface area contributed by atoms with Crippen molar-refractivity contribution in [3.63, 3.8) is 0 Å². The third kappa shape index (κ3) is 3.66. The first-order valence-corrected chi connectivity index (χ1v) is 5.87. The zero-order valence-corrected chi connectivity index (χ0v) is 10.0. The minimum absolute atomic E-state index is 0.131. The third-order valence-electron chi connectivity index (χ3n) is 1.91. The molecule has 1 rings (SSSR count). The molecule has 16 heavy (non-hydrogen) atoms. The van der Waals surface area contributed by atoms with Crippen LogP contribution in [0, 0.1) is 0 Å². The molecule has 0 spiro atoms. The molecule has 5 heteroatoms. The highest BCUT2D eigenvalue weighted by Crippen LogP contribution is 2.18. The molecule has 1 heterocycles. The zero-order valence-electron chi connectivity index (χ0n) is 9.23. The van der Waals surface area contributed by atoms with Gasteiger partial charge >= 0.3 is 11.9 Å². The quantitative estimate of drug-likeness (QED) is 0.805. The van der Waals surface area contributed by atoms with Crippen molar-refractivity contribution in [2.75, 3.05) is 0 Å². The first kappa shape index (κ1) is 12.7. The number of hydrogen-bond acceptors (Lipinski definition) is 4. The van der Waals surface area contributed by atoms with Crippen LogP contribution in [-0.4, -0.2) is 23.1 Å². The molecule has 4 nitrogen and oxygen atoms in total. The Morgan fingerprint density at radius 1 is 1.50 bits per heavy atom. The fraction of sp³-hybridized carbons (Fsp3) is 0.455. The Labute approximate surface area is 97.9 Å². The molecule has 0 bridgehead atoms. The highest BCUT2D eigenvalue weighted by atomic mass is 32.1. The number of hydrogen-bond donors (Lipinski definition) is 1. The molecule has 0 amide bonds. The molecule has 0 unspecified atom stereocenters. The van der Waals surface area contributed by atoms with Crippen LogP contribution in [0.5, 0.6) is 0 Å². The Hall–Kier alpha value is -1.36. The number of aryl methyl sites for hydroxylation is 1. The summed E-state index contributed by atoms with van der Waals surface area (Å²) in [6.07, 6.45) is 0.500. The lowest BCUT2D eigenvalue weighted by atomic mass is 10.1. The van der Waals surface area contributed by atoms with Gasteiger partial charge in [-0.25, -0.2) is 4.79 Å². The largest absolute Gasteiger partial charge is 0.477 e. The second-order valence-electron chi connectivity index (χ2n) is 3.62. The third-order valence-corrected chi connectivity index (χ3v) is 2.85. The Morgan fingerprint density at radius 3 is 2.75 bits per heavy atom. The summed E-state index contributed by atoms with van der Waals surface area (Å²) in [4.78, 5) is 22.4. The van der Waals surface area contributed by atoms with Gasteiger partial charge in [-0.2, -0.15) is 0 Å². The average molecular weight is 242 g/mol. The van der Waals surface area contributed by atoms with Crippen molar-refractivity contribution in [1.29, 1.82) is 0 Å². The number of rotatable bonds is 5. The monoisotopic (exact) mass is 242 g/mol. The molecule has 1 N–H and O–H groups in total. The topological polar surface area (TPSA) is 63.6 Å². The van der Waals surface area contributed by atoms with Crippen molar-refractivity contribution >= 4 is 23.3 Å². The Balaban J connectivity index is 2.51. The maximum atomic E-state index is 11.3. The average Bonchev–Trinajstić information content (AvgIpc) is 2.61. The summed E-state index contributed by atoms with van der Waals surface area (Å²) in [7, 11) is 0. The van der Waals surface area contributed by atoms with E-state index < -0.39 is 5.97 Å². The van der Waals surface area contributed by atoms with Crippen molar-refractivity contribution < 1.29 is 19.4 Å². The number of esters is 1. The summed E-state index contributed by atoms with van der Waals surface area (Å²) >= 11 is 1.17. The molecular weight excluding hydrogens is 228 g/mol. The van der Waals surface area contributed by atoms with Crippen LogP contribution in [0.15, 0.2) is 11.4 Å². The van der Waals surface area contributed by atoms with Crippen molar-refractivity contribution in [2.45, 2.75) is 32.8 Å². The van der Waals surface area contributed by atoms with Crippen LogP contribution in [0.25, 0.3) is 0 Å². The van der Waals surface area contributed by atoms with Gasteiger partial charge in [0.15, 0.2) is 0 Å². The molecule has 88 valence electrons. The molecular formula is C11H14O4S. The molecule has 0 saturated heterocycles. The van der Waals surface area contributed by atoms with Crippen molar-refractivity contribution in [3.05, 3.63) is 21.9 Å². The summed E-state index contributed by atoms with van der Waals surface area (Å²) in [6, 6.07) is 1.73. The van der Waals surface area contributed by atoms with Crippen molar-refractivity contribution in [1.82, 2.24) is 0 Å². The predicted molar refractivity (Wildman–Crippen MR) is 60.8 cm³/mol. The van der Waals surface area contributed by atoms with E-state index in [2.05, 4.69) is 0 Å². The van der Waals surface area contributed by atoms with Crippen LogP contribution in [0.4, 0.5) is 0 Å². The lowest BCUT2D eigenvalue weighted by Gasteiger charge is -2.07. The van der Waals surface area contributed by atoms with E-state index in [0.717, 1.165) is 0 Å². The SMILES string of the molecule is CC(C)OC(=O)CCc1ccsc1C(=O)O. The zero-order chi connectivity index (χ0) is 12.1. The van der Waals surface area contributed by atoms with E-state index in [1.807, 2.05) is 0 Å². The molecule has 0 radical (unpaired) electrons. The molecule has 0 atom stereocenters. The highest BCUT2D eigenvalue weighted by Gasteiger charge is 2.13. The van der Waals surface area contributed by atoms with E-state index in [9.17, 15) is 9.59 Å². The summed E-state index contributed by atoms with van der Waals surface area (Å²) in [5.41, 5.74) is 0.693. The van der Waals surface area contributed by atoms with Gasteiger partial charge in [-0.05, 0) is 37.3 Å². The molecule has 0 aromatic carbocycles. The van der Waals surface area contributed by atoms with Crippen LogP contribution in [0.3, 0.4) is 0 Å². The summed E-state index contributed by atoms with van der Waals surface area (Å²) in [5.74, 6) is -1.24. The van der Waals surface area contributed by atoms with Gasteiger partial charge in [-0.15, -0.1) is 11.3 Å². The van der Waals surface area contributed by atoms with E-state index in [1.54, 1.807) is 25.3 Å². The smallest absolute Gasteiger partial charge is 0.346 e. The summed E-state index contributed by atoms with van der Waals surface area (Å²) in [6.45, 7) is 3.57. The number of ether oxygens (including phenoxy) is 1. The number of carboxylic acids is 1.